The first-order valence-corrected chi connectivity index (χ1v) is 10.1. The van der Waals surface area contributed by atoms with Crippen LogP contribution in [0, 0.1) is 0 Å². The van der Waals surface area contributed by atoms with Gasteiger partial charge in [-0.25, -0.2) is 4.68 Å². The van der Waals surface area contributed by atoms with Gasteiger partial charge in [-0.1, -0.05) is 66.7 Å². The molecule has 0 spiro atoms. The predicted octanol–water partition coefficient (Wildman–Crippen LogP) is 5.35. The van der Waals surface area contributed by atoms with Gasteiger partial charge in [-0.05, 0) is 37.3 Å². The molecular weight excluding hydrogens is 384 g/mol. The molecule has 150 valence electrons. The molecule has 4 aromatic rings. The Morgan fingerprint density at radius 2 is 1.35 bits per heavy atom. The summed E-state index contributed by atoms with van der Waals surface area (Å²) in [6, 6.07) is 29.4. The summed E-state index contributed by atoms with van der Waals surface area (Å²) in [5, 5.41) is 10.8. The summed E-state index contributed by atoms with van der Waals surface area (Å²) < 4.78 is 1.84. The van der Waals surface area contributed by atoms with Crippen LogP contribution in [-0.4, -0.2) is 21.4 Å². The Bertz CT molecular complexity index is 1290. The molecule has 0 bridgehead atoms. The van der Waals surface area contributed by atoms with Crippen LogP contribution in [0.1, 0.15) is 12.5 Å². The molecule has 0 radical (unpaired) electrons. The van der Waals surface area contributed by atoms with Crippen molar-refractivity contribution in [1.29, 1.82) is 0 Å². The van der Waals surface area contributed by atoms with Crippen molar-refractivity contribution in [3.63, 3.8) is 0 Å². The Hall–Kier alpha value is -4.25. The highest BCUT2D eigenvalue weighted by Gasteiger charge is 2.29. The summed E-state index contributed by atoms with van der Waals surface area (Å²) in [7, 11) is 0. The average Bonchev–Trinajstić information content (AvgIpc) is 3.37. The number of hydrogen-bond donors (Lipinski definition) is 0. The molecule has 1 aliphatic heterocycles. The highest BCUT2D eigenvalue weighted by molar-refractivity contribution is 6.32. The van der Waals surface area contributed by atoms with Crippen molar-refractivity contribution in [2.75, 3.05) is 5.01 Å². The Morgan fingerprint density at radius 3 is 2.00 bits per heavy atom. The van der Waals surface area contributed by atoms with Crippen molar-refractivity contribution in [3.8, 4) is 16.9 Å². The lowest BCUT2D eigenvalue weighted by atomic mass is 10.0. The van der Waals surface area contributed by atoms with Gasteiger partial charge in [-0.3, -0.25) is 4.79 Å². The molecule has 1 aliphatic rings. The van der Waals surface area contributed by atoms with E-state index in [9.17, 15) is 4.79 Å². The smallest absolute Gasteiger partial charge is 0.267 e. The van der Waals surface area contributed by atoms with Gasteiger partial charge >= 0.3 is 0 Å². The number of benzene rings is 3. The van der Waals surface area contributed by atoms with E-state index in [1.807, 2.05) is 115 Å². The van der Waals surface area contributed by atoms with Crippen LogP contribution in [0.25, 0.3) is 23.0 Å². The fraction of sp³-hybridized carbons (Fsp3) is 0.0385. The summed E-state index contributed by atoms with van der Waals surface area (Å²) in [5.74, 6) is -0.143. The third kappa shape index (κ3) is 3.57. The van der Waals surface area contributed by atoms with Gasteiger partial charge < -0.3 is 0 Å². The zero-order valence-electron chi connectivity index (χ0n) is 17.0. The molecule has 0 saturated carbocycles. The van der Waals surface area contributed by atoms with Crippen molar-refractivity contribution < 1.29 is 4.79 Å². The molecule has 0 N–H and O–H groups in total. The Morgan fingerprint density at radius 1 is 0.774 bits per heavy atom. The number of nitrogens with zero attached hydrogens (tertiary/aromatic N) is 4. The zero-order chi connectivity index (χ0) is 21.2. The van der Waals surface area contributed by atoms with Gasteiger partial charge in [0.25, 0.3) is 5.91 Å². The lowest BCUT2D eigenvalue weighted by Crippen LogP contribution is -2.21. The first-order chi connectivity index (χ1) is 15.2. The second-order valence-electron chi connectivity index (χ2n) is 7.28. The predicted molar refractivity (Wildman–Crippen MR) is 124 cm³/mol. The largest absolute Gasteiger partial charge is 0.280 e. The number of hydrazone groups is 1. The molecule has 0 saturated heterocycles. The van der Waals surface area contributed by atoms with E-state index in [1.165, 1.54) is 5.01 Å². The van der Waals surface area contributed by atoms with E-state index in [2.05, 4.69) is 5.10 Å². The van der Waals surface area contributed by atoms with Crippen LogP contribution < -0.4 is 5.01 Å². The first kappa shape index (κ1) is 18.8. The fourth-order valence-electron chi connectivity index (χ4n) is 3.61. The normalized spacial score (nSPS) is 14.9. The molecule has 0 fully saturated rings. The number of amides is 1. The van der Waals surface area contributed by atoms with Crippen molar-refractivity contribution >= 4 is 23.4 Å². The van der Waals surface area contributed by atoms with Crippen molar-refractivity contribution in [1.82, 2.24) is 9.78 Å². The minimum absolute atomic E-state index is 0.143. The molecule has 5 nitrogen and oxygen atoms in total. The zero-order valence-corrected chi connectivity index (χ0v) is 17.0. The van der Waals surface area contributed by atoms with Gasteiger partial charge in [0.15, 0.2) is 0 Å². The van der Waals surface area contributed by atoms with Gasteiger partial charge in [0.2, 0.25) is 0 Å². The minimum atomic E-state index is -0.143. The number of hydrogen-bond acceptors (Lipinski definition) is 3. The number of rotatable bonds is 4. The Balaban J connectivity index is 1.60. The maximum Gasteiger partial charge on any atom is 0.280 e. The number of para-hydroxylation sites is 2. The van der Waals surface area contributed by atoms with E-state index >= 15 is 0 Å². The maximum atomic E-state index is 13.2. The van der Waals surface area contributed by atoms with Crippen molar-refractivity contribution in [2.45, 2.75) is 6.92 Å². The van der Waals surface area contributed by atoms with Gasteiger partial charge in [-0.15, -0.1) is 0 Å². The van der Waals surface area contributed by atoms with Crippen LogP contribution in [0.2, 0.25) is 0 Å². The maximum absolute atomic E-state index is 13.2. The van der Waals surface area contributed by atoms with Gasteiger partial charge in [0.1, 0.15) is 0 Å². The molecule has 0 atom stereocenters. The van der Waals surface area contributed by atoms with Crippen molar-refractivity contribution in [3.05, 3.63) is 108 Å². The minimum Gasteiger partial charge on any atom is -0.267 e. The second kappa shape index (κ2) is 7.88. The number of carbonyl (C=O) groups is 1. The molecule has 3 aromatic carbocycles. The third-order valence-corrected chi connectivity index (χ3v) is 5.17. The molecule has 1 aromatic heterocycles. The van der Waals surface area contributed by atoms with E-state index in [4.69, 9.17) is 5.10 Å². The summed E-state index contributed by atoms with van der Waals surface area (Å²) in [6.45, 7) is 1.86. The fourth-order valence-corrected chi connectivity index (χ4v) is 3.61. The molecule has 0 unspecified atom stereocenters. The molecule has 31 heavy (non-hydrogen) atoms. The van der Waals surface area contributed by atoms with Crippen LogP contribution in [0.4, 0.5) is 5.69 Å². The quantitative estimate of drug-likeness (QED) is 0.431. The van der Waals surface area contributed by atoms with Crippen molar-refractivity contribution in [2.24, 2.45) is 5.10 Å². The van der Waals surface area contributed by atoms with Crippen LogP contribution in [0.5, 0.6) is 0 Å². The molecular formula is C26H20N4O. The third-order valence-electron chi connectivity index (χ3n) is 5.17. The van der Waals surface area contributed by atoms with E-state index < -0.39 is 0 Å². The van der Waals surface area contributed by atoms with Gasteiger partial charge in [-0.2, -0.15) is 15.2 Å². The summed E-state index contributed by atoms with van der Waals surface area (Å²) in [5.41, 5.74) is 5.62. The summed E-state index contributed by atoms with van der Waals surface area (Å²) in [6.07, 6.45) is 3.84. The van der Waals surface area contributed by atoms with Crippen LogP contribution >= 0.6 is 0 Å². The van der Waals surface area contributed by atoms with E-state index in [1.54, 1.807) is 0 Å². The van der Waals surface area contributed by atoms with Crippen LogP contribution in [0.3, 0.4) is 0 Å². The highest BCUT2D eigenvalue weighted by Crippen LogP contribution is 2.29. The van der Waals surface area contributed by atoms with Crippen LogP contribution in [0.15, 0.2) is 108 Å². The second-order valence-corrected chi connectivity index (χ2v) is 7.28. The lowest BCUT2D eigenvalue weighted by Gasteiger charge is -2.11. The van der Waals surface area contributed by atoms with Gasteiger partial charge in [0.05, 0.1) is 28.4 Å². The van der Waals surface area contributed by atoms with Gasteiger partial charge in [0, 0.05) is 17.3 Å². The van der Waals surface area contributed by atoms with E-state index in [0.717, 1.165) is 28.2 Å². The summed E-state index contributed by atoms with van der Waals surface area (Å²) in [4.78, 5) is 13.2. The van der Waals surface area contributed by atoms with E-state index in [0.29, 0.717) is 11.3 Å². The average molecular weight is 404 g/mol. The monoisotopic (exact) mass is 404 g/mol. The van der Waals surface area contributed by atoms with E-state index in [-0.39, 0.29) is 5.91 Å². The SMILES string of the molecule is CC1=NN(c2ccccc2)C(=O)/C1=C\c1cn(-c2ccccc2)nc1-c1ccccc1. The molecule has 0 aliphatic carbocycles. The lowest BCUT2D eigenvalue weighted by molar-refractivity contribution is -0.114. The number of carbonyl (C=O) groups excluding carboxylic acids is 1. The first-order valence-electron chi connectivity index (χ1n) is 10.1. The Kier molecular flexibility index (Phi) is 4.77. The molecule has 2 heterocycles. The number of aromatic nitrogens is 2. The standard InChI is InChI=1S/C26H20N4O/c1-19-24(26(31)30(27-19)23-15-9-4-10-16-23)17-21-18-29(22-13-7-3-8-14-22)28-25(21)20-11-5-2-6-12-20/h2-18H,1H3/b24-17-. The molecule has 5 rings (SSSR count). The Labute approximate surface area is 180 Å². The molecule has 5 heteroatoms. The highest BCUT2D eigenvalue weighted by atomic mass is 16.2. The molecule has 1 amide bonds. The van der Waals surface area contributed by atoms with Crippen LogP contribution in [-0.2, 0) is 4.79 Å². The summed E-state index contributed by atoms with van der Waals surface area (Å²) >= 11 is 0. The topological polar surface area (TPSA) is 50.5 Å². The number of anilines is 1.